The molecule has 0 aliphatic carbocycles. The first-order valence-corrected chi connectivity index (χ1v) is 7.78. The highest BCUT2D eigenvalue weighted by Gasteiger charge is 2.15. The van der Waals surface area contributed by atoms with Gasteiger partial charge in [-0.2, -0.15) is 0 Å². The van der Waals surface area contributed by atoms with Crippen LogP contribution in [0.3, 0.4) is 0 Å². The van der Waals surface area contributed by atoms with Crippen molar-refractivity contribution in [1.82, 2.24) is 0 Å². The van der Waals surface area contributed by atoms with E-state index in [1.165, 1.54) is 0 Å². The number of benzene rings is 1. The Labute approximate surface area is 99.7 Å². The summed E-state index contributed by atoms with van der Waals surface area (Å²) >= 11 is 3.29. The predicted molar refractivity (Wildman–Crippen MR) is 66.9 cm³/mol. The first-order valence-electron chi connectivity index (χ1n) is 4.84. The lowest BCUT2D eigenvalue weighted by Gasteiger charge is -2.08. The lowest BCUT2D eigenvalue weighted by molar-refractivity contribution is 0.583. The Balaban J connectivity index is 2.65. The maximum atomic E-state index is 11.7. The van der Waals surface area contributed by atoms with Gasteiger partial charge in [-0.15, -0.1) is 0 Å². The number of rotatable bonds is 5. The lowest BCUT2D eigenvalue weighted by Crippen LogP contribution is -2.16. The molecule has 0 spiro atoms. The molecule has 2 nitrogen and oxygen atoms in total. The fraction of sp³-hybridized carbons (Fsp3) is 0.455. The van der Waals surface area contributed by atoms with Crippen molar-refractivity contribution < 1.29 is 8.42 Å². The van der Waals surface area contributed by atoms with Gasteiger partial charge in [0.1, 0.15) is 0 Å². The Kier molecular flexibility index (Phi) is 4.80. The monoisotopic (exact) mass is 290 g/mol. The smallest absolute Gasteiger partial charge is 0.154 e. The molecule has 84 valence electrons. The van der Waals surface area contributed by atoms with Gasteiger partial charge in [0, 0.05) is 5.33 Å². The molecule has 0 aromatic heterocycles. The topological polar surface area (TPSA) is 34.1 Å². The van der Waals surface area contributed by atoms with Crippen LogP contribution in [0, 0.1) is 5.92 Å². The molecular weight excluding hydrogens is 276 g/mol. The molecular formula is C11H15BrO2S. The van der Waals surface area contributed by atoms with E-state index < -0.39 is 9.84 Å². The molecule has 0 amide bonds. The van der Waals surface area contributed by atoms with E-state index in [1.807, 2.05) is 37.3 Å². The molecule has 1 aromatic rings. The van der Waals surface area contributed by atoms with Crippen LogP contribution < -0.4 is 0 Å². The standard InChI is InChI=1S/C11H15BrO2S/c1-10(7-12)8-15(13,14)9-11-5-3-2-4-6-11/h2-6,10H,7-9H2,1H3. The molecule has 0 radical (unpaired) electrons. The van der Waals surface area contributed by atoms with Gasteiger partial charge in [0.05, 0.1) is 11.5 Å². The summed E-state index contributed by atoms with van der Waals surface area (Å²) in [4.78, 5) is 0. The maximum absolute atomic E-state index is 11.7. The van der Waals surface area contributed by atoms with Crippen LogP contribution in [0.2, 0.25) is 0 Å². The molecule has 4 heteroatoms. The number of hydrogen-bond acceptors (Lipinski definition) is 2. The van der Waals surface area contributed by atoms with E-state index in [9.17, 15) is 8.42 Å². The minimum absolute atomic E-state index is 0.144. The van der Waals surface area contributed by atoms with Crippen LogP contribution in [-0.4, -0.2) is 19.5 Å². The molecule has 0 aliphatic rings. The van der Waals surface area contributed by atoms with E-state index >= 15 is 0 Å². The summed E-state index contributed by atoms with van der Waals surface area (Å²) in [5, 5.41) is 0.723. The summed E-state index contributed by atoms with van der Waals surface area (Å²) in [6, 6.07) is 9.29. The average molecular weight is 291 g/mol. The Morgan fingerprint density at radius 3 is 2.40 bits per heavy atom. The molecule has 1 unspecified atom stereocenters. The Hall–Kier alpha value is -0.350. The highest BCUT2D eigenvalue weighted by atomic mass is 79.9. The van der Waals surface area contributed by atoms with Crippen molar-refractivity contribution in [2.75, 3.05) is 11.1 Å². The first-order chi connectivity index (χ1) is 7.03. The second-order valence-electron chi connectivity index (χ2n) is 3.80. The molecule has 0 heterocycles. The maximum Gasteiger partial charge on any atom is 0.154 e. The molecule has 0 saturated carbocycles. The van der Waals surface area contributed by atoms with Gasteiger partial charge in [0.15, 0.2) is 9.84 Å². The van der Waals surface area contributed by atoms with Gasteiger partial charge in [0.25, 0.3) is 0 Å². The van der Waals surface area contributed by atoms with Gasteiger partial charge in [-0.1, -0.05) is 53.2 Å². The zero-order chi connectivity index (χ0) is 11.3. The third-order valence-electron chi connectivity index (χ3n) is 2.03. The Morgan fingerprint density at radius 1 is 1.27 bits per heavy atom. The van der Waals surface area contributed by atoms with Crippen LogP contribution in [0.4, 0.5) is 0 Å². The third-order valence-corrected chi connectivity index (χ3v) is 4.99. The van der Waals surface area contributed by atoms with Crippen molar-refractivity contribution in [2.45, 2.75) is 12.7 Å². The van der Waals surface area contributed by atoms with Crippen LogP contribution >= 0.6 is 15.9 Å². The number of alkyl halides is 1. The van der Waals surface area contributed by atoms with Crippen molar-refractivity contribution in [1.29, 1.82) is 0 Å². The average Bonchev–Trinajstić information content (AvgIpc) is 2.17. The molecule has 0 saturated heterocycles. The van der Waals surface area contributed by atoms with Crippen molar-refractivity contribution in [3.8, 4) is 0 Å². The summed E-state index contributed by atoms with van der Waals surface area (Å²) in [7, 11) is -2.98. The van der Waals surface area contributed by atoms with Crippen molar-refractivity contribution in [3.63, 3.8) is 0 Å². The van der Waals surface area contributed by atoms with E-state index in [0.29, 0.717) is 0 Å². The van der Waals surface area contributed by atoms with Crippen LogP contribution in [0.25, 0.3) is 0 Å². The summed E-state index contributed by atoms with van der Waals surface area (Å²) in [6.07, 6.45) is 0. The van der Waals surface area contributed by atoms with Gasteiger partial charge in [-0.05, 0) is 11.5 Å². The first kappa shape index (κ1) is 12.7. The van der Waals surface area contributed by atoms with E-state index in [4.69, 9.17) is 0 Å². The van der Waals surface area contributed by atoms with Crippen LogP contribution in [0.15, 0.2) is 30.3 Å². The van der Waals surface area contributed by atoms with Crippen LogP contribution in [-0.2, 0) is 15.6 Å². The normalized spacial score (nSPS) is 13.7. The lowest BCUT2D eigenvalue weighted by atomic mass is 10.2. The van der Waals surface area contributed by atoms with Crippen molar-refractivity contribution >= 4 is 25.8 Å². The number of halogens is 1. The molecule has 0 bridgehead atoms. The molecule has 0 fully saturated rings. The minimum Gasteiger partial charge on any atom is -0.228 e. The molecule has 1 aromatic carbocycles. The predicted octanol–water partition coefficient (Wildman–Crippen LogP) is 2.63. The van der Waals surface area contributed by atoms with Crippen molar-refractivity contribution in [3.05, 3.63) is 35.9 Å². The minimum atomic E-state index is -2.98. The van der Waals surface area contributed by atoms with Gasteiger partial charge in [-0.25, -0.2) is 8.42 Å². The Bertz CT molecular complexity index is 386. The largest absolute Gasteiger partial charge is 0.228 e. The van der Waals surface area contributed by atoms with Gasteiger partial charge in [-0.3, -0.25) is 0 Å². The molecule has 15 heavy (non-hydrogen) atoms. The molecule has 1 rings (SSSR count). The third kappa shape index (κ3) is 4.80. The number of sulfone groups is 1. The molecule has 0 N–H and O–H groups in total. The quantitative estimate of drug-likeness (QED) is 0.782. The van der Waals surface area contributed by atoms with Gasteiger partial charge in [0.2, 0.25) is 0 Å². The molecule has 1 atom stereocenters. The summed E-state index contributed by atoms with van der Waals surface area (Å²) in [5.41, 5.74) is 0.860. The highest BCUT2D eigenvalue weighted by molar-refractivity contribution is 9.09. The summed E-state index contributed by atoms with van der Waals surface area (Å²) in [5.74, 6) is 0.553. The summed E-state index contributed by atoms with van der Waals surface area (Å²) < 4.78 is 23.5. The fourth-order valence-electron chi connectivity index (χ4n) is 1.37. The second-order valence-corrected chi connectivity index (χ2v) is 6.56. The van der Waals surface area contributed by atoms with E-state index in [0.717, 1.165) is 10.9 Å². The summed E-state index contributed by atoms with van der Waals surface area (Å²) in [6.45, 7) is 1.93. The van der Waals surface area contributed by atoms with Crippen molar-refractivity contribution in [2.24, 2.45) is 5.92 Å². The van der Waals surface area contributed by atoms with Crippen LogP contribution in [0.5, 0.6) is 0 Å². The van der Waals surface area contributed by atoms with Gasteiger partial charge < -0.3 is 0 Å². The van der Waals surface area contributed by atoms with E-state index in [1.54, 1.807) is 0 Å². The Morgan fingerprint density at radius 2 is 1.87 bits per heavy atom. The van der Waals surface area contributed by atoms with E-state index in [2.05, 4.69) is 15.9 Å². The zero-order valence-electron chi connectivity index (χ0n) is 8.69. The van der Waals surface area contributed by atoms with Crippen LogP contribution in [0.1, 0.15) is 12.5 Å². The fourth-order valence-corrected chi connectivity index (χ4v) is 3.70. The molecule has 0 aliphatic heterocycles. The second kappa shape index (κ2) is 5.66. The SMILES string of the molecule is CC(CBr)CS(=O)(=O)Cc1ccccc1. The van der Waals surface area contributed by atoms with E-state index in [-0.39, 0.29) is 17.4 Å². The van der Waals surface area contributed by atoms with Gasteiger partial charge >= 0.3 is 0 Å². The number of hydrogen-bond donors (Lipinski definition) is 0. The zero-order valence-corrected chi connectivity index (χ0v) is 11.1. The highest BCUT2D eigenvalue weighted by Crippen LogP contribution is 2.11.